The highest BCUT2D eigenvalue weighted by Crippen LogP contribution is 2.20. The van der Waals surface area contributed by atoms with E-state index in [1.165, 1.54) is 6.07 Å². The number of hydrogen-bond donors (Lipinski definition) is 2. The lowest BCUT2D eigenvalue weighted by Gasteiger charge is -2.13. The summed E-state index contributed by atoms with van der Waals surface area (Å²) in [4.78, 5) is 4.09. The average Bonchev–Trinajstić information content (AvgIpc) is 2.37. The Labute approximate surface area is 139 Å². The van der Waals surface area contributed by atoms with Gasteiger partial charge in [0.2, 0.25) is 0 Å². The van der Waals surface area contributed by atoms with Crippen molar-refractivity contribution in [2.75, 3.05) is 13.7 Å². The number of benzene rings is 1. The molecule has 0 amide bonds. The van der Waals surface area contributed by atoms with Crippen molar-refractivity contribution in [3.63, 3.8) is 0 Å². The maximum atomic E-state index is 12.2. The number of hydrogen-bond acceptors (Lipinski definition) is 3. The van der Waals surface area contributed by atoms with Crippen molar-refractivity contribution in [1.82, 2.24) is 5.32 Å². The van der Waals surface area contributed by atoms with E-state index in [0.717, 1.165) is 0 Å². The molecular formula is C13H20F2IN3O2. The molecule has 120 valence electrons. The van der Waals surface area contributed by atoms with E-state index in [1.54, 1.807) is 25.3 Å². The van der Waals surface area contributed by atoms with E-state index < -0.39 is 6.61 Å². The van der Waals surface area contributed by atoms with Crippen LogP contribution in [0, 0.1) is 0 Å². The van der Waals surface area contributed by atoms with Gasteiger partial charge in [-0.2, -0.15) is 8.78 Å². The number of nitrogens with zero attached hydrogens (tertiary/aromatic N) is 1. The van der Waals surface area contributed by atoms with Crippen LogP contribution in [0.15, 0.2) is 29.3 Å². The highest BCUT2D eigenvalue weighted by Gasteiger charge is 2.09. The third kappa shape index (κ3) is 8.00. The lowest BCUT2D eigenvalue weighted by Crippen LogP contribution is -2.40. The molecule has 1 rings (SSSR count). The predicted molar refractivity (Wildman–Crippen MR) is 88.3 cm³/mol. The fraction of sp³-hybridized carbons (Fsp3) is 0.462. The Kier molecular flexibility index (Phi) is 9.97. The fourth-order valence-electron chi connectivity index (χ4n) is 1.61. The van der Waals surface area contributed by atoms with Crippen LogP contribution in [0.5, 0.6) is 5.75 Å². The predicted octanol–water partition coefficient (Wildman–Crippen LogP) is 2.35. The quantitative estimate of drug-likeness (QED) is 0.408. The number of nitrogens with two attached hydrogens (primary N) is 1. The zero-order valence-corrected chi connectivity index (χ0v) is 14.2. The van der Waals surface area contributed by atoms with Gasteiger partial charge in [0.15, 0.2) is 5.96 Å². The number of aliphatic imine (C=N–C) groups is 1. The number of nitrogens with one attached hydrogen (secondary N) is 1. The van der Waals surface area contributed by atoms with E-state index in [2.05, 4.69) is 15.0 Å². The van der Waals surface area contributed by atoms with Gasteiger partial charge >= 0.3 is 6.61 Å². The number of ether oxygens (including phenoxy) is 2. The summed E-state index contributed by atoms with van der Waals surface area (Å²) in [5.74, 6) is 0.324. The van der Waals surface area contributed by atoms with Crippen molar-refractivity contribution >= 4 is 29.9 Å². The molecule has 1 unspecified atom stereocenters. The molecule has 1 aromatic carbocycles. The normalized spacial score (nSPS) is 12.7. The van der Waals surface area contributed by atoms with Gasteiger partial charge < -0.3 is 20.5 Å². The summed E-state index contributed by atoms with van der Waals surface area (Å²) in [5, 5.41) is 2.93. The number of alkyl halides is 2. The molecule has 0 aromatic heterocycles. The van der Waals surface area contributed by atoms with Gasteiger partial charge in [0.1, 0.15) is 5.75 Å². The summed E-state index contributed by atoms with van der Waals surface area (Å²) < 4.78 is 33.9. The van der Waals surface area contributed by atoms with Crippen LogP contribution in [0.1, 0.15) is 12.5 Å². The molecule has 3 N–H and O–H groups in total. The lowest BCUT2D eigenvalue weighted by atomic mass is 10.2. The van der Waals surface area contributed by atoms with Crippen LogP contribution in [0.25, 0.3) is 0 Å². The largest absolute Gasteiger partial charge is 0.434 e. The molecule has 0 fully saturated rings. The topological polar surface area (TPSA) is 68.9 Å². The average molecular weight is 415 g/mol. The lowest BCUT2D eigenvalue weighted by molar-refractivity contribution is -0.0504. The molecule has 0 aliphatic heterocycles. The van der Waals surface area contributed by atoms with E-state index in [-0.39, 0.29) is 48.3 Å². The number of halogens is 3. The van der Waals surface area contributed by atoms with Crippen molar-refractivity contribution in [3.05, 3.63) is 29.8 Å². The minimum Gasteiger partial charge on any atom is -0.434 e. The number of rotatable bonds is 7. The molecule has 0 spiro atoms. The summed E-state index contributed by atoms with van der Waals surface area (Å²) >= 11 is 0. The molecular weight excluding hydrogens is 395 g/mol. The molecule has 0 aliphatic carbocycles. The van der Waals surface area contributed by atoms with E-state index in [9.17, 15) is 8.78 Å². The summed E-state index contributed by atoms with van der Waals surface area (Å²) in [6.45, 7) is -0.333. The second kappa shape index (κ2) is 10.6. The van der Waals surface area contributed by atoms with Gasteiger partial charge in [-0.1, -0.05) is 18.2 Å². The highest BCUT2D eigenvalue weighted by atomic mass is 127. The minimum atomic E-state index is -2.86. The van der Waals surface area contributed by atoms with Gasteiger partial charge in [0.05, 0.1) is 13.2 Å². The van der Waals surface area contributed by atoms with Crippen molar-refractivity contribution < 1.29 is 18.3 Å². The zero-order valence-electron chi connectivity index (χ0n) is 11.9. The summed E-state index contributed by atoms with van der Waals surface area (Å²) in [6, 6.07) is 6.48. The molecule has 1 aromatic rings. The van der Waals surface area contributed by atoms with Crippen LogP contribution in [0.3, 0.4) is 0 Å². The fourth-order valence-corrected chi connectivity index (χ4v) is 1.61. The van der Waals surface area contributed by atoms with Crippen LogP contribution >= 0.6 is 24.0 Å². The second-order valence-electron chi connectivity index (χ2n) is 4.19. The Bertz CT molecular complexity index is 447. The summed E-state index contributed by atoms with van der Waals surface area (Å²) in [6.07, 6.45) is 0. The van der Waals surface area contributed by atoms with Gasteiger partial charge in [-0.15, -0.1) is 24.0 Å². The van der Waals surface area contributed by atoms with E-state index in [0.29, 0.717) is 12.2 Å². The van der Waals surface area contributed by atoms with Crippen LogP contribution < -0.4 is 15.8 Å². The van der Waals surface area contributed by atoms with Crippen LogP contribution in [0.4, 0.5) is 8.78 Å². The van der Waals surface area contributed by atoms with Crippen LogP contribution in [-0.2, 0) is 11.3 Å². The molecule has 8 heteroatoms. The standard InChI is InChI=1S/C13H19F2N3O2.HI/c1-9(8-19-2)18-13(16)17-7-10-5-3-4-6-11(10)20-12(14)15;/h3-6,9,12H,7-8H2,1-2H3,(H3,16,17,18);1H. The zero-order chi connectivity index (χ0) is 15.0. The molecule has 21 heavy (non-hydrogen) atoms. The molecule has 5 nitrogen and oxygen atoms in total. The van der Waals surface area contributed by atoms with Gasteiger partial charge in [-0.3, -0.25) is 0 Å². The third-order valence-corrected chi connectivity index (χ3v) is 2.42. The maximum Gasteiger partial charge on any atom is 0.387 e. The first kappa shape index (κ1) is 19.8. The van der Waals surface area contributed by atoms with Crippen molar-refractivity contribution in [2.45, 2.75) is 26.1 Å². The minimum absolute atomic E-state index is 0. The van der Waals surface area contributed by atoms with Crippen molar-refractivity contribution in [3.8, 4) is 5.75 Å². The summed E-state index contributed by atoms with van der Waals surface area (Å²) in [5.41, 5.74) is 6.24. The monoisotopic (exact) mass is 415 g/mol. The van der Waals surface area contributed by atoms with E-state index in [4.69, 9.17) is 10.5 Å². The van der Waals surface area contributed by atoms with E-state index >= 15 is 0 Å². The molecule has 0 saturated heterocycles. The SMILES string of the molecule is COCC(C)NC(N)=NCc1ccccc1OC(F)F.I. The van der Waals surface area contributed by atoms with Crippen LogP contribution in [0.2, 0.25) is 0 Å². The number of guanidine groups is 1. The first-order valence-electron chi connectivity index (χ1n) is 6.11. The molecule has 0 bridgehead atoms. The molecule has 0 radical (unpaired) electrons. The third-order valence-electron chi connectivity index (χ3n) is 2.42. The van der Waals surface area contributed by atoms with E-state index in [1.807, 2.05) is 6.92 Å². The molecule has 1 atom stereocenters. The smallest absolute Gasteiger partial charge is 0.387 e. The van der Waals surface area contributed by atoms with Crippen LogP contribution in [-0.4, -0.2) is 32.3 Å². The molecule has 0 aliphatic rings. The van der Waals surface area contributed by atoms with Gasteiger partial charge in [-0.05, 0) is 13.0 Å². The molecule has 0 saturated carbocycles. The Hall–Kier alpha value is -1.16. The Morgan fingerprint density at radius 1 is 1.38 bits per heavy atom. The van der Waals surface area contributed by atoms with Crippen molar-refractivity contribution in [1.29, 1.82) is 0 Å². The summed E-state index contributed by atoms with van der Waals surface area (Å²) in [7, 11) is 1.59. The number of methoxy groups -OCH3 is 1. The first-order valence-corrected chi connectivity index (χ1v) is 6.11. The maximum absolute atomic E-state index is 12.2. The Balaban J connectivity index is 0.00000400. The Morgan fingerprint density at radius 2 is 2.05 bits per heavy atom. The first-order chi connectivity index (χ1) is 9.52. The number of para-hydroxylation sites is 1. The second-order valence-corrected chi connectivity index (χ2v) is 4.19. The van der Waals surface area contributed by atoms with Gasteiger partial charge in [0, 0.05) is 18.7 Å². The van der Waals surface area contributed by atoms with Gasteiger partial charge in [-0.25, -0.2) is 4.99 Å². The van der Waals surface area contributed by atoms with Crippen molar-refractivity contribution in [2.24, 2.45) is 10.7 Å². The Morgan fingerprint density at radius 3 is 2.67 bits per heavy atom. The molecule has 0 heterocycles. The van der Waals surface area contributed by atoms with Gasteiger partial charge in [0.25, 0.3) is 0 Å². The highest BCUT2D eigenvalue weighted by molar-refractivity contribution is 14.0.